The number of hydrogen-bond acceptors (Lipinski definition) is 1. The number of rotatable bonds is 2. The topological polar surface area (TPSA) is 26.0 Å². The monoisotopic (exact) mass is 255 g/mol. The van der Waals surface area contributed by atoms with Crippen molar-refractivity contribution in [3.8, 4) is 11.8 Å². The van der Waals surface area contributed by atoms with Gasteiger partial charge in [0.15, 0.2) is 0 Å². The molecule has 0 amide bonds. The van der Waals surface area contributed by atoms with Gasteiger partial charge < -0.3 is 5.73 Å². The first kappa shape index (κ1) is 14.6. The highest BCUT2D eigenvalue weighted by molar-refractivity contribution is 5.43. The van der Waals surface area contributed by atoms with E-state index in [4.69, 9.17) is 5.73 Å². The molecule has 4 heteroatoms. The third-order valence-electron chi connectivity index (χ3n) is 2.55. The third-order valence-corrected chi connectivity index (χ3v) is 2.55. The number of nitrogens with two attached hydrogens (primary N) is 1. The Morgan fingerprint density at radius 1 is 1.33 bits per heavy atom. The molecule has 1 atom stereocenters. The van der Waals surface area contributed by atoms with Crippen molar-refractivity contribution in [3.63, 3.8) is 0 Å². The highest BCUT2D eigenvalue weighted by atomic mass is 19.4. The minimum absolute atomic E-state index is 0.225. The van der Waals surface area contributed by atoms with Crippen LogP contribution in [-0.4, -0.2) is 6.04 Å². The highest BCUT2D eigenvalue weighted by Gasteiger charge is 2.30. The Morgan fingerprint density at radius 3 is 2.50 bits per heavy atom. The quantitative estimate of drug-likeness (QED) is 0.804. The van der Waals surface area contributed by atoms with Gasteiger partial charge in [0, 0.05) is 5.56 Å². The lowest BCUT2D eigenvalue weighted by atomic mass is 10.0. The summed E-state index contributed by atoms with van der Waals surface area (Å²) in [7, 11) is 0. The third kappa shape index (κ3) is 4.08. The fraction of sp³-hybridized carbons (Fsp3) is 0.429. The average molecular weight is 255 g/mol. The van der Waals surface area contributed by atoms with Crippen LogP contribution in [0.4, 0.5) is 13.2 Å². The summed E-state index contributed by atoms with van der Waals surface area (Å²) >= 11 is 0. The summed E-state index contributed by atoms with van der Waals surface area (Å²) in [6, 6.07) is 3.32. The van der Waals surface area contributed by atoms with Crippen LogP contribution < -0.4 is 5.73 Å². The maximum absolute atomic E-state index is 12.5. The second kappa shape index (κ2) is 5.92. The van der Waals surface area contributed by atoms with Crippen LogP contribution in [0.1, 0.15) is 36.5 Å². The van der Waals surface area contributed by atoms with Crippen molar-refractivity contribution < 1.29 is 13.2 Å². The van der Waals surface area contributed by atoms with Gasteiger partial charge in [-0.25, -0.2) is 0 Å². The fourth-order valence-corrected chi connectivity index (χ4v) is 1.53. The molecule has 0 saturated carbocycles. The molecule has 0 aliphatic carbocycles. The molecular weight excluding hydrogens is 239 g/mol. The minimum Gasteiger partial charge on any atom is -0.318 e. The molecule has 0 saturated heterocycles. The largest absolute Gasteiger partial charge is 0.416 e. The van der Waals surface area contributed by atoms with Crippen molar-refractivity contribution in [2.75, 3.05) is 0 Å². The van der Waals surface area contributed by atoms with E-state index < -0.39 is 11.7 Å². The summed E-state index contributed by atoms with van der Waals surface area (Å²) in [5.41, 5.74) is 6.19. The molecule has 18 heavy (non-hydrogen) atoms. The predicted molar refractivity (Wildman–Crippen MR) is 65.9 cm³/mol. The van der Waals surface area contributed by atoms with Crippen molar-refractivity contribution in [2.24, 2.45) is 5.73 Å². The molecule has 0 spiro atoms. The van der Waals surface area contributed by atoms with Gasteiger partial charge >= 0.3 is 6.18 Å². The molecule has 1 nitrogen and oxygen atoms in total. The lowest BCUT2D eigenvalue weighted by molar-refractivity contribution is -0.137. The second-order valence-electron chi connectivity index (χ2n) is 4.19. The number of benzene rings is 1. The Labute approximate surface area is 105 Å². The highest BCUT2D eigenvalue weighted by Crippen LogP contribution is 2.30. The molecule has 1 aromatic carbocycles. The van der Waals surface area contributed by atoms with Gasteiger partial charge in [-0.2, -0.15) is 13.2 Å². The summed E-state index contributed by atoms with van der Waals surface area (Å²) < 4.78 is 37.4. The Kier molecular flexibility index (Phi) is 4.80. The molecule has 0 aliphatic heterocycles. The van der Waals surface area contributed by atoms with Gasteiger partial charge in [-0.05, 0) is 37.1 Å². The smallest absolute Gasteiger partial charge is 0.318 e. The van der Waals surface area contributed by atoms with Crippen LogP contribution in [0.3, 0.4) is 0 Å². The molecule has 0 heterocycles. The van der Waals surface area contributed by atoms with E-state index in [0.29, 0.717) is 11.1 Å². The van der Waals surface area contributed by atoms with Crippen molar-refractivity contribution >= 4 is 0 Å². The lowest BCUT2D eigenvalue weighted by Crippen LogP contribution is -2.16. The summed E-state index contributed by atoms with van der Waals surface area (Å²) in [5.74, 6) is 5.68. The van der Waals surface area contributed by atoms with Gasteiger partial charge in [-0.1, -0.05) is 25.2 Å². The number of aryl methyl sites for hydroxylation is 1. The summed E-state index contributed by atoms with van der Waals surface area (Å²) in [4.78, 5) is 0. The molecular formula is C14H16F3N. The Bertz CT molecular complexity index is 466. The average Bonchev–Trinajstić information content (AvgIpc) is 2.26. The zero-order chi connectivity index (χ0) is 13.8. The minimum atomic E-state index is -4.31. The van der Waals surface area contributed by atoms with Crippen LogP contribution in [0.15, 0.2) is 18.2 Å². The van der Waals surface area contributed by atoms with E-state index in [-0.39, 0.29) is 6.04 Å². The van der Waals surface area contributed by atoms with Crippen LogP contribution in [0.25, 0.3) is 0 Å². The van der Waals surface area contributed by atoms with E-state index in [1.807, 2.05) is 6.92 Å². The van der Waals surface area contributed by atoms with Crippen LogP contribution >= 0.6 is 0 Å². The van der Waals surface area contributed by atoms with Gasteiger partial charge in [-0.3, -0.25) is 0 Å². The van der Waals surface area contributed by atoms with E-state index in [2.05, 4.69) is 11.8 Å². The van der Waals surface area contributed by atoms with Crippen molar-refractivity contribution in [1.82, 2.24) is 0 Å². The SMILES string of the molecule is CCCC(N)C#Cc1ccc(C(F)(F)F)cc1C. The molecule has 2 N–H and O–H groups in total. The van der Waals surface area contributed by atoms with Crippen LogP contribution in [0.2, 0.25) is 0 Å². The zero-order valence-electron chi connectivity index (χ0n) is 10.4. The van der Waals surface area contributed by atoms with Gasteiger partial charge in [0.25, 0.3) is 0 Å². The Hall–Kier alpha value is -1.47. The first-order valence-corrected chi connectivity index (χ1v) is 5.79. The number of halogens is 3. The van der Waals surface area contributed by atoms with Crippen molar-refractivity contribution in [3.05, 3.63) is 34.9 Å². The number of alkyl halides is 3. The molecule has 0 radical (unpaired) electrons. The standard InChI is InChI=1S/C14H16F3N/c1-3-4-13(18)8-6-11-5-7-12(9-10(11)2)14(15,16)17/h5,7,9,13H,3-4,18H2,1-2H3. The van der Waals surface area contributed by atoms with Crippen molar-refractivity contribution in [1.29, 1.82) is 0 Å². The molecule has 0 aliphatic rings. The van der Waals surface area contributed by atoms with Gasteiger partial charge in [0.1, 0.15) is 0 Å². The van der Waals surface area contributed by atoms with E-state index in [1.54, 1.807) is 6.92 Å². The molecule has 0 bridgehead atoms. The summed E-state index contributed by atoms with van der Waals surface area (Å²) in [6.45, 7) is 3.62. The maximum atomic E-state index is 12.5. The predicted octanol–water partition coefficient (Wildman–Crippen LogP) is 3.49. The van der Waals surface area contributed by atoms with E-state index in [9.17, 15) is 13.2 Å². The first-order valence-electron chi connectivity index (χ1n) is 5.79. The normalized spacial score (nSPS) is 12.8. The molecule has 98 valence electrons. The number of hydrogen-bond donors (Lipinski definition) is 1. The molecule has 0 aromatic heterocycles. The first-order chi connectivity index (χ1) is 8.34. The Morgan fingerprint density at radius 2 is 2.00 bits per heavy atom. The zero-order valence-corrected chi connectivity index (χ0v) is 10.4. The molecule has 1 unspecified atom stereocenters. The summed E-state index contributed by atoms with van der Waals surface area (Å²) in [5, 5.41) is 0. The van der Waals surface area contributed by atoms with E-state index in [1.165, 1.54) is 6.07 Å². The van der Waals surface area contributed by atoms with Gasteiger partial charge in [0.2, 0.25) is 0 Å². The summed E-state index contributed by atoms with van der Waals surface area (Å²) in [6.07, 6.45) is -2.59. The second-order valence-corrected chi connectivity index (χ2v) is 4.19. The molecule has 1 aromatic rings. The van der Waals surface area contributed by atoms with Crippen LogP contribution in [0.5, 0.6) is 0 Å². The van der Waals surface area contributed by atoms with E-state index >= 15 is 0 Å². The van der Waals surface area contributed by atoms with Crippen LogP contribution in [0, 0.1) is 18.8 Å². The molecule has 0 fully saturated rings. The Balaban J connectivity index is 2.93. The fourth-order valence-electron chi connectivity index (χ4n) is 1.53. The maximum Gasteiger partial charge on any atom is 0.416 e. The van der Waals surface area contributed by atoms with Gasteiger partial charge in [0.05, 0.1) is 11.6 Å². The van der Waals surface area contributed by atoms with Crippen LogP contribution in [-0.2, 0) is 6.18 Å². The molecule has 1 rings (SSSR count). The van der Waals surface area contributed by atoms with E-state index in [0.717, 1.165) is 25.0 Å². The van der Waals surface area contributed by atoms with Gasteiger partial charge in [-0.15, -0.1) is 0 Å². The lowest BCUT2D eigenvalue weighted by Gasteiger charge is -2.08. The van der Waals surface area contributed by atoms with Crippen molar-refractivity contribution in [2.45, 2.75) is 38.9 Å².